The summed E-state index contributed by atoms with van der Waals surface area (Å²) in [5.74, 6) is 0.198. The van der Waals surface area contributed by atoms with Gasteiger partial charge in [0.05, 0.1) is 0 Å². The van der Waals surface area contributed by atoms with Gasteiger partial charge in [0, 0.05) is 18.9 Å². The fraction of sp³-hybridized carbons (Fsp3) is 0.720. The first-order chi connectivity index (χ1) is 13.6. The summed E-state index contributed by atoms with van der Waals surface area (Å²) < 4.78 is 0. The summed E-state index contributed by atoms with van der Waals surface area (Å²) in [6.45, 7) is 2.27. The molecule has 2 N–H and O–H groups in total. The fourth-order valence-corrected chi connectivity index (χ4v) is 3.77. The number of Topliss-reactive ketones (excluding diaryl/α,β-unsaturated/α-hetero) is 1. The van der Waals surface area contributed by atoms with Crippen molar-refractivity contribution in [3.63, 3.8) is 0 Å². The van der Waals surface area contributed by atoms with Gasteiger partial charge in [-0.1, -0.05) is 96.8 Å². The minimum atomic E-state index is 0.00905. The van der Waals surface area contributed by atoms with Crippen molar-refractivity contribution in [2.24, 2.45) is 0 Å². The van der Waals surface area contributed by atoms with Gasteiger partial charge in [-0.3, -0.25) is 4.79 Å². The first-order valence-corrected chi connectivity index (χ1v) is 11.7. The highest BCUT2D eigenvalue weighted by atomic mass is 16.3. The minimum Gasteiger partial charge on any atom is -0.508 e. The number of phenolic OH excluding ortho intramolecular Hbond substituents is 2. The van der Waals surface area contributed by atoms with Crippen molar-refractivity contribution >= 4 is 5.78 Å². The highest BCUT2D eigenvalue weighted by Crippen LogP contribution is 2.21. The van der Waals surface area contributed by atoms with Crippen LogP contribution in [0.3, 0.4) is 0 Å². The highest BCUT2D eigenvalue weighted by Gasteiger charge is 2.06. The Bertz CT molecular complexity index is 504. The molecule has 1 aromatic rings. The number of phenols is 2. The van der Waals surface area contributed by atoms with Gasteiger partial charge in [0.2, 0.25) is 0 Å². The van der Waals surface area contributed by atoms with E-state index < -0.39 is 0 Å². The van der Waals surface area contributed by atoms with Crippen LogP contribution in [0.15, 0.2) is 18.2 Å². The Morgan fingerprint density at radius 1 is 0.643 bits per heavy atom. The molecule has 160 valence electrons. The first-order valence-electron chi connectivity index (χ1n) is 11.7. The molecule has 0 unspecified atom stereocenters. The molecule has 0 atom stereocenters. The molecule has 0 aliphatic carbocycles. The number of ketones is 1. The van der Waals surface area contributed by atoms with E-state index in [4.69, 9.17) is 0 Å². The zero-order chi connectivity index (χ0) is 20.5. The average molecular weight is 391 g/mol. The zero-order valence-corrected chi connectivity index (χ0v) is 18.1. The number of carbonyl (C=O) groups is 1. The number of unbranched alkanes of at least 4 members (excludes halogenated alkanes) is 14. The summed E-state index contributed by atoms with van der Waals surface area (Å²) in [5.41, 5.74) is 0.684. The van der Waals surface area contributed by atoms with E-state index >= 15 is 0 Å². The lowest BCUT2D eigenvalue weighted by atomic mass is 10.0. The van der Waals surface area contributed by atoms with Gasteiger partial charge in [0.25, 0.3) is 0 Å². The van der Waals surface area contributed by atoms with E-state index in [-0.39, 0.29) is 17.3 Å². The third kappa shape index (κ3) is 13.6. The van der Waals surface area contributed by atoms with Crippen molar-refractivity contribution in [2.45, 2.75) is 116 Å². The van der Waals surface area contributed by atoms with Crippen LogP contribution in [0.4, 0.5) is 0 Å². The summed E-state index contributed by atoms with van der Waals surface area (Å²) >= 11 is 0. The van der Waals surface area contributed by atoms with Gasteiger partial charge in [-0.25, -0.2) is 0 Å². The molecule has 0 aliphatic rings. The monoisotopic (exact) mass is 390 g/mol. The summed E-state index contributed by atoms with van der Waals surface area (Å²) in [6, 6.07) is 4.37. The molecule has 0 bridgehead atoms. The standard InChI is InChI=1S/C25H42O3/c1-2-3-4-5-6-7-8-9-10-11-12-13-14-15-16-17-23(26)18-22-19-24(27)21-25(28)20-22/h19-21,27-28H,2-18H2,1H3. The van der Waals surface area contributed by atoms with Gasteiger partial charge in [0.15, 0.2) is 0 Å². The lowest BCUT2D eigenvalue weighted by molar-refractivity contribution is -0.118. The molecule has 0 radical (unpaired) electrons. The van der Waals surface area contributed by atoms with E-state index in [0.717, 1.165) is 12.8 Å². The molecule has 0 aromatic heterocycles. The molecule has 3 nitrogen and oxygen atoms in total. The molecule has 0 aliphatic heterocycles. The SMILES string of the molecule is CCCCCCCCCCCCCCCCCC(=O)Cc1cc(O)cc(O)c1. The first kappa shape index (κ1) is 24.5. The van der Waals surface area contributed by atoms with Crippen molar-refractivity contribution in [2.75, 3.05) is 0 Å². The molecule has 0 amide bonds. The highest BCUT2D eigenvalue weighted by molar-refractivity contribution is 5.81. The third-order valence-electron chi connectivity index (χ3n) is 5.42. The Kier molecular flexibility index (Phi) is 14.4. The van der Waals surface area contributed by atoms with Crippen LogP contribution in [-0.2, 0) is 11.2 Å². The van der Waals surface area contributed by atoms with Gasteiger partial charge < -0.3 is 10.2 Å². The maximum Gasteiger partial charge on any atom is 0.137 e. The second kappa shape index (κ2) is 16.4. The topological polar surface area (TPSA) is 57.5 Å². The molecule has 0 saturated carbocycles. The van der Waals surface area contributed by atoms with E-state index in [2.05, 4.69) is 6.92 Å². The van der Waals surface area contributed by atoms with Crippen LogP contribution in [0.5, 0.6) is 11.5 Å². The second-order valence-corrected chi connectivity index (χ2v) is 8.27. The predicted molar refractivity (Wildman–Crippen MR) is 118 cm³/mol. The van der Waals surface area contributed by atoms with Crippen molar-refractivity contribution in [1.82, 2.24) is 0 Å². The molecule has 28 heavy (non-hydrogen) atoms. The molecule has 0 saturated heterocycles. The van der Waals surface area contributed by atoms with Gasteiger partial charge in [-0.15, -0.1) is 0 Å². The Balaban J connectivity index is 1.86. The van der Waals surface area contributed by atoms with Gasteiger partial charge in [-0.05, 0) is 24.1 Å². The molecule has 0 spiro atoms. The third-order valence-corrected chi connectivity index (χ3v) is 5.42. The Morgan fingerprint density at radius 2 is 1.04 bits per heavy atom. The smallest absolute Gasteiger partial charge is 0.137 e. The van der Waals surface area contributed by atoms with Crippen LogP contribution < -0.4 is 0 Å². The van der Waals surface area contributed by atoms with Gasteiger partial charge >= 0.3 is 0 Å². The number of hydrogen-bond donors (Lipinski definition) is 2. The molecule has 0 fully saturated rings. The Hall–Kier alpha value is -1.51. The fourth-order valence-electron chi connectivity index (χ4n) is 3.77. The van der Waals surface area contributed by atoms with Gasteiger partial charge in [0.1, 0.15) is 17.3 Å². The summed E-state index contributed by atoms with van der Waals surface area (Å²) in [4.78, 5) is 12.0. The van der Waals surface area contributed by atoms with E-state index in [9.17, 15) is 15.0 Å². The minimum absolute atomic E-state index is 0.00905. The number of rotatable bonds is 18. The Morgan fingerprint density at radius 3 is 1.46 bits per heavy atom. The Labute approximate surface area is 172 Å². The summed E-state index contributed by atoms with van der Waals surface area (Å²) in [5, 5.41) is 18.9. The molecule has 1 aromatic carbocycles. The number of hydrogen-bond acceptors (Lipinski definition) is 3. The second-order valence-electron chi connectivity index (χ2n) is 8.27. The van der Waals surface area contributed by atoms with E-state index in [1.165, 1.54) is 89.5 Å². The molecular weight excluding hydrogens is 348 g/mol. The van der Waals surface area contributed by atoms with E-state index in [1.54, 1.807) is 12.1 Å². The van der Waals surface area contributed by atoms with Crippen molar-refractivity contribution in [3.05, 3.63) is 23.8 Å². The molecular formula is C25H42O3. The van der Waals surface area contributed by atoms with E-state index in [0.29, 0.717) is 18.4 Å². The quantitative estimate of drug-likeness (QED) is 0.256. The summed E-state index contributed by atoms with van der Waals surface area (Å²) in [7, 11) is 0. The van der Waals surface area contributed by atoms with Crippen molar-refractivity contribution in [3.8, 4) is 11.5 Å². The van der Waals surface area contributed by atoms with Crippen LogP contribution in [-0.4, -0.2) is 16.0 Å². The maximum atomic E-state index is 12.0. The molecule has 3 heteroatoms. The largest absolute Gasteiger partial charge is 0.508 e. The van der Waals surface area contributed by atoms with Crippen LogP contribution in [0.25, 0.3) is 0 Å². The average Bonchev–Trinajstić information content (AvgIpc) is 2.64. The van der Waals surface area contributed by atoms with Crippen LogP contribution in [0, 0.1) is 0 Å². The normalized spacial score (nSPS) is 11.0. The number of carbonyl (C=O) groups excluding carboxylic acids is 1. The number of aromatic hydroxyl groups is 2. The van der Waals surface area contributed by atoms with Crippen LogP contribution in [0.2, 0.25) is 0 Å². The van der Waals surface area contributed by atoms with E-state index in [1.807, 2.05) is 0 Å². The van der Waals surface area contributed by atoms with Crippen LogP contribution in [0.1, 0.15) is 115 Å². The summed E-state index contributed by atoms with van der Waals surface area (Å²) in [6.07, 6.45) is 20.7. The lowest BCUT2D eigenvalue weighted by Gasteiger charge is -2.05. The van der Waals surface area contributed by atoms with Crippen molar-refractivity contribution in [1.29, 1.82) is 0 Å². The predicted octanol–water partition coefficient (Wildman–Crippen LogP) is 7.47. The number of benzene rings is 1. The van der Waals surface area contributed by atoms with Crippen molar-refractivity contribution < 1.29 is 15.0 Å². The maximum absolute atomic E-state index is 12.0. The van der Waals surface area contributed by atoms with Gasteiger partial charge in [-0.2, -0.15) is 0 Å². The van der Waals surface area contributed by atoms with Crippen LogP contribution >= 0.6 is 0 Å². The molecule has 1 rings (SSSR count). The lowest BCUT2D eigenvalue weighted by Crippen LogP contribution is -2.02. The zero-order valence-electron chi connectivity index (χ0n) is 18.1. The molecule has 0 heterocycles.